The first kappa shape index (κ1) is 13.4. The van der Waals surface area contributed by atoms with Crippen LogP contribution in [0.25, 0.3) is 0 Å². The van der Waals surface area contributed by atoms with Crippen LogP contribution in [0.2, 0.25) is 0 Å². The number of carboxylic acid groups (broad SMARTS) is 1. The molecule has 6 nitrogen and oxygen atoms in total. The molecule has 0 aromatic rings. The van der Waals surface area contributed by atoms with Crippen molar-refractivity contribution in [3.63, 3.8) is 0 Å². The van der Waals surface area contributed by atoms with Crippen molar-refractivity contribution in [1.82, 2.24) is 4.90 Å². The summed E-state index contributed by atoms with van der Waals surface area (Å²) < 4.78 is 10.2. The third kappa shape index (κ3) is 4.05. The first-order chi connectivity index (χ1) is 7.65. The lowest BCUT2D eigenvalue weighted by Crippen LogP contribution is -2.52. The van der Waals surface area contributed by atoms with Gasteiger partial charge in [-0.1, -0.05) is 0 Å². The van der Waals surface area contributed by atoms with Crippen molar-refractivity contribution in [2.24, 2.45) is 0 Å². The monoisotopic (exact) mass is 233 g/mol. The number of hydrogen-bond donors (Lipinski definition) is 2. The standard InChI is InChI=1S/C10H19NO5/c1-2-15-6-8(12)5-11-3-4-16-7-9(11)10(13)14/h8-9,12H,2-7H2,1H3,(H,13,14). The van der Waals surface area contributed by atoms with Gasteiger partial charge in [-0.3, -0.25) is 9.69 Å². The molecule has 0 spiro atoms. The molecule has 1 rings (SSSR count). The van der Waals surface area contributed by atoms with Crippen molar-refractivity contribution in [1.29, 1.82) is 0 Å². The van der Waals surface area contributed by atoms with Crippen molar-refractivity contribution in [3.05, 3.63) is 0 Å². The van der Waals surface area contributed by atoms with Gasteiger partial charge < -0.3 is 19.7 Å². The Hall–Kier alpha value is -0.690. The van der Waals surface area contributed by atoms with Crippen LogP contribution in [-0.2, 0) is 14.3 Å². The molecule has 2 atom stereocenters. The van der Waals surface area contributed by atoms with E-state index in [9.17, 15) is 9.90 Å². The summed E-state index contributed by atoms with van der Waals surface area (Å²) in [6.45, 7) is 4.15. The molecule has 6 heteroatoms. The highest BCUT2D eigenvalue weighted by Gasteiger charge is 2.30. The summed E-state index contributed by atoms with van der Waals surface area (Å²) in [6, 6.07) is -0.662. The topological polar surface area (TPSA) is 79.2 Å². The highest BCUT2D eigenvalue weighted by molar-refractivity contribution is 5.73. The van der Waals surface area contributed by atoms with E-state index in [4.69, 9.17) is 14.6 Å². The SMILES string of the molecule is CCOCC(O)CN1CCOCC1C(=O)O. The maximum atomic E-state index is 10.9. The minimum Gasteiger partial charge on any atom is -0.480 e. The Balaban J connectivity index is 2.39. The van der Waals surface area contributed by atoms with E-state index in [2.05, 4.69) is 0 Å². The second kappa shape index (κ2) is 6.80. The highest BCUT2D eigenvalue weighted by Crippen LogP contribution is 2.08. The molecule has 1 fully saturated rings. The molecule has 0 amide bonds. The van der Waals surface area contributed by atoms with Gasteiger partial charge in [-0.25, -0.2) is 0 Å². The second-order valence-corrected chi connectivity index (χ2v) is 3.74. The summed E-state index contributed by atoms with van der Waals surface area (Å²) >= 11 is 0. The molecule has 0 aromatic heterocycles. The summed E-state index contributed by atoms with van der Waals surface area (Å²) in [6.07, 6.45) is -0.653. The minimum absolute atomic E-state index is 0.177. The molecule has 0 bridgehead atoms. The molecule has 1 aliphatic rings. The number of nitrogens with zero attached hydrogens (tertiary/aromatic N) is 1. The Bertz CT molecular complexity index is 223. The van der Waals surface area contributed by atoms with E-state index in [0.29, 0.717) is 26.3 Å². The highest BCUT2D eigenvalue weighted by atomic mass is 16.5. The van der Waals surface area contributed by atoms with Gasteiger partial charge in [-0.2, -0.15) is 0 Å². The molecule has 0 radical (unpaired) electrons. The smallest absolute Gasteiger partial charge is 0.323 e. The average molecular weight is 233 g/mol. The van der Waals surface area contributed by atoms with Crippen molar-refractivity contribution in [3.8, 4) is 0 Å². The van der Waals surface area contributed by atoms with Gasteiger partial charge in [0.15, 0.2) is 0 Å². The molecule has 1 saturated heterocycles. The lowest BCUT2D eigenvalue weighted by atomic mass is 10.2. The van der Waals surface area contributed by atoms with Gasteiger partial charge in [0.1, 0.15) is 6.04 Å². The van der Waals surface area contributed by atoms with E-state index in [1.165, 1.54) is 0 Å². The third-order valence-electron chi connectivity index (χ3n) is 2.48. The van der Waals surface area contributed by atoms with Crippen molar-refractivity contribution < 1.29 is 24.5 Å². The Morgan fingerprint density at radius 3 is 3.06 bits per heavy atom. The largest absolute Gasteiger partial charge is 0.480 e. The molecule has 0 aromatic carbocycles. The fourth-order valence-electron chi connectivity index (χ4n) is 1.66. The number of carbonyl (C=O) groups is 1. The Labute approximate surface area is 94.8 Å². The van der Waals surface area contributed by atoms with Crippen LogP contribution in [0.1, 0.15) is 6.92 Å². The number of aliphatic hydroxyl groups is 1. The van der Waals surface area contributed by atoms with Crippen molar-refractivity contribution in [2.45, 2.75) is 19.1 Å². The summed E-state index contributed by atoms with van der Waals surface area (Å²) in [5, 5.41) is 18.6. The van der Waals surface area contributed by atoms with Gasteiger partial charge in [0.25, 0.3) is 0 Å². The fraction of sp³-hybridized carbons (Fsp3) is 0.900. The predicted molar refractivity (Wildman–Crippen MR) is 56.3 cm³/mol. The minimum atomic E-state index is -0.914. The average Bonchev–Trinajstić information content (AvgIpc) is 2.27. The molecule has 16 heavy (non-hydrogen) atoms. The number of hydrogen-bond acceptors (Lipinski definition) is 5. The van der Waals surface area contributed by atoms with E-state index in [-0.39, 0.29) is 13.2 Å². The van der Waals surface area contributed by atoms with Gasteiger partial charge in [-0.15, -0.1) is 0 Å². The zero-order valence-electron chi connectivity index (χ0n) is 9.46. The fourth-order valence-corrected chi connectivity index (χ4v) is 1.66. The van der Waals surface area contributed by atoms with E-state index in [1.807, 2.05) is 6.92 Å². The number of aliphatic hydroxyl groups excluding tert-OH is 1. The second-order valence-electron chi connectivity index (χ2n) is 3.74. The van der Waals surface area contributed by atoms with E-state index < -0.39 is 18.1 Å². The summed E-state index contributed by atoms with van der Waals surface area (Å²) in [5.74, 6) is -0.914. The van der Waals surface area contributed by atoms with Crippen LogP contribution in [0.3, 0.4) is 0 Å². The van der Waals surface area contributed by atoms with Crippen LogP contribution in [0.5, 0.6) is 0 Å². The molecule has 2 N–H and O–H groups in total. The van der Waals surface area contributed by atoms with Crippen molar-refractivity contribution in [2.75, 3.05) is 39.5 Å². The van der Waals surface area contributed by atoms with E-state index in [1.54, 1.807) is 4.90 Å². The molecular weight excluding hydrogens is 214 g/mol. The molecule has 0 saturated carbocycles. The Kier molecular flexibility index (Phi) is 5.68. The van der Waals surface area contributed by atoms with E-state index >= 15 is 0 Å². The number of morpholine rings is 1. The number of carboxylic acids is 1. The molecule has 94 valence electrons. The summed E-state index contributed by atoms with van der Waals surface area (Å²) in [4.78, 5) is 12.6. The number of rotatable bonds is 6. The lowest BCUT2D eigenvalue weighted by Gasteiger charge is -2.33. The molecule has 1 heterocycles. The Morgan fingerprint density at radius 2 is 2.44 bits per heavy atom. The van der Waals surface area contributed by atoms with Gasteiger partial charge in [0, 0.05) is 19.7 Å². The first-order valence-corrected chi connectivity index (χ1v) is 5.45. The maximum absolute atomic E-state index is 10.9. The normalized spacial score (nSPS) is 24.2. The van der Waals surface area contributed by atoms with Crippen LogP contribution < -0.4 is 0 Å². The summed E-state index contributed by atoms with van der Waals surface area (Å²) in [5.41, 5.74) is 0. The van der Waals surface area contributed by atoms with Crippen LogP contribution in [0.4, 0.5) is 0 Å². The lowest BCUT2D eigenvalue weighted by molar-refractivity contribution is -0.151. The number of β-amino-alcohol motifs (C(OH)–C–C–N with tert-alkyl or cyclic N) is 1. The van der Waals surface area contributed by atoms with Gasteiger partial charge >= 0.3 is 5.97 Å². The first-order valence-electron chi connectivity index (χ1n) is 5.45. The van der Waals surface area contributed by atoms with Crippen molar-refractivity contribution >= 4 is 5.97 Å². The van der Waals surface area contributed by atoms with Crippen LogP contribution in [-0.4, -0.2) is 72.7 Å². The van der Waals surface area contributed by atoms with Gasteiger partial charge in [0.05, 0.1) is 25.9 Å². The zero-order chi connectivity index (χ0) is 12.0. The number of ether oxygens (including phenoxy) is 2. The predicted octanol–water partition coefficient (Wildman–Crippen LogP) is -0.831. The van der Waals surface area contributed by atoms with Crippen LogP contribution in [0, 0.1) is 0 Å². The zero-order valence-corrected chi connectivity index (χ0v) is 9.46. The number of aliphatic carboxylic acids is 1. The van der Waals surface area contributed by atoms with Gasteiger partial charge in [0.2, 0.25) is 0 Å². The van der Waals surface area contributed by atoms with Crippen LogP contribution in [0.15, 0.2) is 0 Å². The molecular formula is C10H19NO5. The quantitative estimate of drug-likeness (QED) is 0.623. The summed E-state index contributed by atoms with van der Waals surface area (Å²) in [7, 11) is 0. The van der Waals surface area contributed by atoms with Crippen LogP contribution >= 0.6 is 0 Å². The van der Waals surface area contributed by atoms with Gasteiger partial charge in [-0.05, 0) is 6.92 Å². The molecule has 1 aliphatic heterocycles. The molecule has 0 aliphatic carbocycles. The van der Waals surface area contributed by atoms with E-state index in [0.717, 1.165) is 0 Å². The molecule has 2 unspecified atom stereocenters. The maximum Gasteiger partial charge on any atom is 0.323 e. The Morgan fingerprint density at radius 1 is 1.69 bits per heavy atom. The third-order valence-corrected chi connectivity index (χ3v) is 2.48.